The quantitative estimate of drug-likeness (QED) is 0.796. The van der Waals surface area contributed by atoms with Gasteiger partial charge in [-0.3, -0.25) is 0 Å². The van der Waals surface area contributed by atoms with Gasteiger partial charge in [0.2, 0.25) is 0 Å². The highest BCUT2D eigenvalue weighted by atomic mass is 16.6. The van der Waals surface area contributed by atoms with Gasteiger partial charge in [-0.25, -0.2) is 0 Å². The molecule has 1 aliphatic heterocycles. The lowest BCUT2D eigenvalue weighted by atomic mass is 9.97. The Morgan fingerprint density at radius 2 is 1.68 bits per heavy atom. The Morgan fingerprint density at radius 1 is 1.11 bits per heavy atom. The van der Waals surface area contributed by atoms with Crippen LogP contribution in [0.1, 0.15) is 59.4 Å². The summed E-state index contributed by atoms with van der Waals surface area (Å²) < 4.78 is 12.2. The molecule has 106 valence electrons. The lowest BCUT2D eigenvalue weighted by molar-refractivity contribution is -0.0846. The van der Waals surface area contributed by atoms with Gasteiger partial charge in [0.25, 0.3) is 0 Å². The van der Waals surface area contributed by atoms with Crippen molar-refractivity contribution in [3.63, 3.8) is 0 Å². The second-order valence-electron chi connectivity index (χ2n) is 7.00. The van der Waals surface area contributed by atoms with Crippen molar-refractivity contribution < 1.29 is 9.47 Å². The van der Waals surface area contributed by atoms with Gasteiger partial charge in [0.1, 0.15) is 17.5 Å². The van der Waals surface area contributed by atoms with E-state index < -0.39 is 0 Å². The maximum Gasteiger partial charge on any atom is 0.130 e. The van der Waals surface area contributed by atoms with Gasteiger partial charge in [0, 0.05) is 6.42 Å². The fraction of sp³-hybridized carbons (Fsp3) is 0.647. The molecule has 1 saturated heterocycles. The molecule has 2 heteroatoms. The molecule has 0 spiro atoms. The van der Waals surface area contributed by atoms with Crippen LogP contribution in [-0.2, 0) is 4.74 Å². The van der Waals surface area contributed by atoms with Gasteiger partial charge < -0.3 is 9.47 Å². The maximum absolute atomic E-state index is 6.14. The van der Waals surface area contributed by atoms with Crippen LogP contribution in [0.5, 0.6) is 5.75 Å². The van der Waals surface area contributed by atoms with Crippen LogP contribution in [0.2, 0.25) is 0 Å². The van der Waals surface area contributed by atoms with Crippen LogP contribution in [0.15, 0.2) is 24.3 Å². The second-order valence-corrected chi connectivity index (χ2v) is 7.00. The van der Waals surface area contributed by atoms with Crippen LogP contribution in [0.3, 0.4) is 0 Å². The highest BCUT2D eigenvalue weighted by Gasteiger charge is 2.47. The molecule has 1 unspecified atom stereocenters. The zero-order valence-corrected chi connectivity index (χ0v) is 13.0. The molecule has 0 radical (unpaired) electrons. The Kier molecular flexibility index (Phi) is 3.65. The molecule has 1 atom stereocenters. The van der Waals surface area contributed by atoms with Gasteiger partial charge in [-0.1, -0.05) is 26.0 Å². The molecule has 0 saturated carbocycles. The molecule has 0 aromatic heterocycles. The normalized spacial score (nSPS) is 24.7. The number of ether oxygens (including phenoxy) is 2. The topological polar surface area (TPSA) is 18.5 Å². The molecule has 1 aromatic rings. The van der Waals surface area contributed by atoms with Gasteiger partial charge in [-0.15, -0.1) is 0 Å². The molecule has 0 aliphatic carbocycles. The summed E-state index contributed by atoms with van der Waals surface area (Å²) in [4.78, 5) is 0. The number of hydrogen-bond donors (Lipinski definition) is 0. The summed E-state index contributed by atoms with van der Waals surface area (Å²) in [5.74, 6) is 1.49. The summed E-state index contributed by atoms with van der Waals surface area (Å²) in [6.07, 6.45) is 1.03. The van der Waals surface area contributed by atoms with Crippen molar-refractivity contribution in [2.45, 2.75) is 71.2 Å². The summed E-state index contributed by atoms with van der Waals surface area (Å²) in [5, 5.41) is 0. The standard InChI is InChI=1S/C17H26O2/c1-12(2)13-7-9-14(10-8-13)18-15-11-16(3,4)19-17(15,5)6/h7-10,12,15H,11H2,1-6H3. The molecule has 2 rings (SSSR count). The first-order valence-electron chi connectivity index (χ1n) is 7.16. The Hall–Kier alpha value is -1.02. The Labute approximate surface area is 117 Å². The highest BCUT2D eigenvalue weighted by Crippen LogP contribution is 2.39. The Bertz CT molecular complexity index is 429. The van der Waals surface area contributed by atoms with Crippen LogP contribution in [0.25, 0.3) is 0 Å². The molecule has 0 amide bonds. The Balaban J connectivity index is 2.09. The second kappa shape index (κ2) is 4.82. The van der Waals surface area contributed by atoms with E-state index >= 15 is 0 Å². The van der Waals surface area contributed by atoms with E-state index in [1.165, 1.54) is 5.56 Å². The zero-order valence-electron chi connectivity index (χ0n) is 13.0. The highest BCUT2D eigenvalue weighted by molar-refractivity contribution is 5.29. The van der Waals surface area contributed by atoms with Gasteiger partial charge in [0.15, 0.2) is 0 Å². The molecule has 0 N–H and O–H groups in total. The van der Waals surface area contributed by atoms with Gasteiger partial charge in [-0.2, -0.15) is 0 Å². The van der Waals surface area contributed by atoms with Crippen molar-refractivity contribution >= 4 is 0 Å². The minimum Gasteiger partial charge on any atom is -0.487 e. The van der Waals surface area contributed by atoms with Gasteiger partial charge in [0.05, 0.1) is 5.60 Å². The first kappa shape index (κ1) is 14.4. The molecule has 2 nitrogen and oxygen atoms in total. The number of benzene rings is 1. The van der Waals surface area contributed by atoms with E-state index in [-0.39, 0.29) is 17.3 Å². The SMILES string of the molecule is CC(C)c1ccc(OC2CC(C)(C)OC2(C)C)cc1. The summed E-state index contributed by atoms with van der Waals surface area (Å²) in [6.45, 7) is 12.9. The fourth-order valence-corrected chi connectivity index (χ4v) is 2.79. The minimum atomic E-state index is -0.236. The van der Waals surface area contributed by atoms with Crippen molar-refractivity contribution in [3.05, 3.63) is 29.8 Å². The van der Waals surface area contributed by atoms with E-state index in [9.17, 15) is 0 Å². The van der Waals surface area contributed by atoms with Crippen molar-refractivity contribution in [2.75, 3.05) is 0 Å². The van der Waals surface area contributed by atoms with Crippen LogP contribution < -0.4 is 4.74 Å². The molecule has 1 fully saturated rings. The molecule has 0 bridgehead atoms. The first-order valence-corrected chi connectivity index (χ1v) is 7.16. The lowest BCUT2D eigenvalue weighted by Gasteiger charge is -2.27. The Morgan fingerprint density at radius 3 is 2.11 bits per heavy atom. The van der Waals surface area contributed by atoms with Crippen LogP contribution in [0.4, 0.5) is 0 Å². The largest absolute Gasteiger partial charge is 0.487 e. The molecule has 1 heterocycles. The smallest absolute Gasteiger partial charge is 0.130 e. The van der Waals surface area contributed by atoms with Crippen molar-refractivity contribution in [1.29, 1.82) is 0 Å². The van der Waals surface area contributed by atoms with E-state index in [1.54, 1.807) is 0 Å². The van der Waals surface area contributed by atoms with Gasteiger partial charge >= 0.3 is 0 Å². The molecular weight excluding hydrogens is 236 g/mol. The summed E-state index contributed by atoms with van der Waals surface area (Å²) in [6, 6.07) is 8.43. The van der Waals surface area contributed by atoms with Crippen LogP contribution in [0, 0.1) is 0 Å². The summed E-state index contributed by atoms with van der Waals surface area (Å²) in [7, 11) is 0. The van der Waals surface area contributed by atoms with E-state index in [0.717, 1.165) is 12.2 Å². The number of rotatable bonds is 3. The third-order valence-electron chi connectivity index (χ3n) is 3.82. The summed E-state index contributed by atoms with van der Waals surface area (Å²) in [5.41, 5.74) is 1.00. The van der Waals surface area contributed by atoms with Crippen molar-refractivity contribution in [1.82, 2.24) is 0 Å². The molecule has 1 aliphatic rings. The first-order chi connectivity index (χ1) is 8.70. The predicted octanol–water partition coefficient (Wildman–Crippen LogP) is 4.53. The maximum atomic E-state index is 6.14. The average Bonchev–Trinajstić information content (AvgIpc) is 2.47. The fourth-order valence-electron chi connectivity index (χ4n) is 2.79. The van der Waals surface area contributed by atoms with Crippen molar-refractivity contribution in [3.8, 4) is 5.75 Å². The van der Waals surface area contributed by atoms with E-state index in [2.05, 4.69) is 65.8 Å². The van der Waals surface area contributed by atoms with E-state index in [0.29, 0.717) is 5.92 Å². The zero-order chi connectivity index (χ0) is 14.3. The predicted molar refractivity (Wildman–Crippen MR) is 78.8 cm³/mol. The average molecular weight is 262 g/mol. The van der Waals surface area contributed by atoms with E-state index in [4.69, 9.17) is 9.47 Å². The minimum absolute atomic E-state index is 0.104. The van der Waals surface area contributed by atoms with Crippen LogP contribution in [-0.4, -0.2) is 17.3 Å². The number of hydrogen-bond acceptors (Lipinski definition) is 2. The summed E-state index contributed by atoms with van der Waals surface area (Å²) >= 11 is 0. The molecule has 1 aromatic carbocycles. The third kappa shape index (κ3) is 3.30. The lowest BCUT2D eigenvalue weighted by Crippen LogP contribution is -2.36. The molecular formula is C17H26O2. The third-order valence-corrected chi connectivity index (χ3v) is 3.82. The van der Waals surface area contributed by atoms with Gasteiger partial charge in [-0.05, 0) is 51.3 Å². The van der Waals surface area contributed by atoms with Crippen molar-refractivity contribution in [2.24, 2.45) is 0 Å². The monoisotopic (exact) mass is 262 g/mol. The van der Waals surface area contributed by atoms with E-state index in [1.807, 2.05) is 0 Å². The van der Waals surface area contributed by atoms with Crippen LogP contribution >= 0.6 is 0 Å². The molecule has 19 heavy (non-hydrogen) atoms.